The number of carbonyl (C=O) groups is 4. The van der Waals surface area contributed by atoms with E-state index in [4.69, 9.17) is 30.1 Å². The number of benzene rings is 1. The number of imide groups is 1. The van der Waals surface area contributed by atoms with Crippen LogP contribution in [0.25, 0.3) is 44.7 Å². The van der Waals surface area contributed by atoms with E-state index in [9.17, 15) is 19.2 Å². The largest absolute Gasteiger partial charge is 0.439 e. The number of hydrogen-bond acceptors (Lipinski definition) is 17. The monoisotopic (exact) mass is 999 g/mol. The van der Waals surface area contributed by atoms with E-state index in [1.807, 2.05) is 37.7 Å². The van der Waals surface area contributed by atoms with Gasteiger partial charge in [-0.05, 0) is 64.5 Å². The third-order valence-corrected chi connectivity index (χ3v) is 15.5. The number of halogens is 1. The number of urea groups is 1. The fourth-order valence-electron chi connectivity index (χ4n) is 11.6. The summed E-state index contributed by atoms with van der Waals surface area (Å²) in [4.78, 5) is 80.7. The Morgan fingerprint density at radius 3 is 2.40 bits per heavy atom. The number of amides is 5. The molecule has 1 aromatic carbocycles. The van der Waals surface area contributed by atoms with E-state index in [0.29, 0.717) is 107 Å². The first-order valence-electron chi connectivity index (χ1n) is 25.2. The van der Waals surface area contributed by atoms with Crippen LogP contribution in [0.15, 0.2) is 29.2 Å². The fourth-order valence-corrected chi connectivity index (χ4v) is 11.6. The fraction of sp³-hybridized carbons (Fsp3) is 0.531. The average molecular weight is 1000 g/mol. The van der Waals surface area contributed by atoms with Crippen LogP contribution in [0.3, 0.4) is 0 Å². The molecule has 5 aliphatic heterocycles. The van der Waals surface area contributed by atoms with E-state index < -0.39 is 12.1 Å². The molecular weight excluding hydrogens is 942 g/mol. The van der Waals surface area contributed by atoms with Crippen LogP contribution in [0.2, 0.25) is 0 Å². The number of nitrogen functional groups attached to an aromatic ring is 1. The highest BCUT2D eigenvalue weighted by atomic mass is 19.1. The first-order valence-corrected chi connectivity index (χ1v) is 25.2. The standard InChI is InChI=1S/C49H58FN17O6/c1-27(2)67-46-37(43(51)53-26-54-46)39(57-67)40-36(42(73-59-40)30-5-6-30)44-52-19-33(28(3)55-44)62-15-17-64(18-16-62)48(71)72-21-35(69)63-12-9-29(10-13-63)20-61-22-49(23-61)24-65(25-49)32-8-7-31-41(38(32)50)60(4)58-45(31)66-14-11-34(68)56-47(66)70/h7-8,19,26-27,29-30H,5-6,9-18,20-25H2,1-4H3,(H2,51,53,54)(H,56,68,70). The van der Waals surface area contributed by atoms with Crippen molar-refractivity contribution >= 4 is 68.9 Å². The normalized spacial score (nSPS) is 19.6. The van der Waals surface area contributed by atoms with Crippen molar-refractivity contribution in [1.29, 1.82) is 0 Å². The number of piperidine rings is 1. The van der Waals surface area contributed by atoms with Crippen molar-refractivity contribution in [3.05, 3.63) is 41.9 Å². The van der Waals surface area contributed by atoms with Gasteiger partial charge in [0, 0.05) is 115 Å². The van der Waals surface area contributed by atoms with E-state index in [0.717, 1.165) is 75.5 Å². The van der Waals surface area contributed by atoms with Gasteiger partial charge < -0.3 is 39.5 Å². The van der Waals surface area contributed by atoms with Crippen LogP contribution in [0, 0.1) is 24.1 Å². The topological polar surface area (TPSA) is 248 Å². The Labute approximate surface area is 418 Å². The number of aromatic nitrogens is 9. The van der Waals surface area contributed by atoms with Crippen molar-refractivity contribution in [2.24, 2.45) is 18.4 Å². The van der Waals surface area contributed by atoms with E-state index >= 15 is 4.39 Å². The minimum absolute atomic E-state index is 0.00698. The number of aryl methyl sites for hydroxylation is 2. The van der Waals surface area contributed by atoms with Crippen LogP contribution in [-0.4, -0.2) is 168 Å². The lowest BCUT2D eigenvalue weighted by Crippen LogP contribution is -2.72. The van der Waals surface area contributed by atoms with Crippen molar-refractivity contribution in [3.8, 4) is 22.8 Å². The second-order valence-electron chi connectivity index (χ2n) is 20.9. The van der Waals surface area contributed by atoms with Crippen LogP contribution < -0.4 is 25.8 Å². The Hall–Kier alpha value is -7.50. The molecule has 6 fully saturated rings. The molecule has 12 rings (SSSR count). The molecule has 5 amide bonds. The molecule has 24 heteroatoms. The SMILES string of the molecule is Cc1nc(-c2c(-c3nn(C(C)C)c4ncnc(N)c34)noc2C2CC2)ncc1N1CCN(C(=O)OCC(=O)N2CCC(CN3CC4(C3)CN(c3ccc5c(N6CCC(=O)NC6=O)nn(C)c5c3F)C4)CC2)CC1. The minimum atomic E-state index is -0.555. The van der Waals surface area contributed by atoms with Crippen LogP contribution in [0.4, 0.5) is 37.0 Å². The summed E-state index contributed by atoms with van der Waals surface area (Å²) in [5.74, 6) is 1.62. The summed E-state index contributed by atoms with van der Waals surface area (Å²) in [6.45, 7) is 13.4. The number of ether oxygens (including phenoxy) is 1. The molecule has 0 atom stereocenters. The molecule has 6 aliphatic rings. The summed E-state index contributed by atoms with van der Waals surface area (Å²) in [7, 11) is 1.66. The first kappa shape index (κ1) is 46.6. The quantitative estimate of drug-likeness (QED) is 0.186. The third kappa shape index (κ3) is 8.27. The molecule has 5 aromatic heterocycles. The number of nitrogens with zero attached hydrogens (tertiary/aromatic N) is 15. The molecule has 1 saturated carbocycles. The Morgan fingerprint density at radius 1 is 0.918 bits per heavy atom. The molecule has 1 spiro atoms. The lowest BCUT2D eigenvalue weighted by atomic mass is 9.72. The smallest absolute Gasteiger partial charge is 0.410 e. The molecule has 3 N–H and O–H groups in total. The Morgan fingerprint density at radius 2 is 1.68 bits per heavy atom. The lowest BCUT2D eigenvalue weighted by molar-refractivity contribution is -0.136. The molecule has 6 aromatic rings. The zero-order chi connectivity index (χ0) is 50.4. The second-order valence-corrected chi connectivity index (χ2v) is 20.9. The highest BCUT2D eigenvalue weighted by molar-refractivity contribution is 6.09. The van der Waals surface area contributed by atoms with Crippen LogP contribution in [0.1, 0.15) is 69.4 Å². The van der Waals surface area contributed by atoms with Gasteiger partial charge in [-0.1, -0.05) is 5.16 Å². The van der Waals surface area contributed by atoms with E-state index in [1.54, 1.807) is 22.9 Å². The van der Waals surface area contributed by atoms with Crippen LogP contribution >= 0.6 is 0 Å². The molecule has 5 saturated heterocycles. The second kappa shape index (κ2) is 17.9. The molecular formula is C49H58FN17O6. The Bertz CT molecular complexity index is 3190. The number of anilines is 4. The Kier molecular flexibility index (Phi) is 11.4. The van der Waals surface area contributed by atoms with Crippen LogP contribution in [-0.2, 0) is 21.4 Å². The zero-order valence-electron chi connectivity index (χ0n) is 41.4. The van der Waals surface area contributed by atoms with Gasteiger partial charge in [0.2, 0.25) is 5.91 Å². The number of likely N-dealkylation sites (tertiary alicyclic amines) is 2. The molecule has 0 radical (unpaired) electrons. The number of rotatable bonds is 11. The maximum Gasteiger partial charge on any atom is 0.410 e. The maximum atomic E-state index is 16.0. The molecule has 1 aliphatic carbocycles. The molecule has 382 valence electrons. The Balaban J connectivity index is 0.591. The van der Waals surface area contributed by atoms with Crippen molar-refractivity contribution in [3.63, 3.8) is 0 Å². The van der Waals surface area contributed by atoms with Crippen LogP contribution in [0.5, 0.6) is 0 Å². The van der Waals surface area contributed by atoms with Gasteiger partial charge >= 0.3 is 12.1 Å². The van der Waals surface area contributed by atoms with E-state index in [2.05, 4.69) is 40.2 Å². The van der Waals surface area contributed by atoms with Gasteiger partial charge in [-0.2, -0.15) is 10.2 Å². The average Bonchev–Trinajstić information content (AvgIpc) is 3.83. The third-order valence-electron chi connectivity index (χ3n) is 15.5. The summed E-state index contributed by atoms with van der Waals surface area (Å²) in [6.07, 6.45) is 6.61. The van der Waals surface area contributed by atoms with Gasteiger partial charge in [-0.25, -0.2) is 38.6 Å². The summed E-state index contributed by atoms with van der Waals surface area (Å²) in [5.41, 5.74) is 11.3. The van der Waals surface area contributed by atoms with Gasteiger partial charge in [-0.3, -0.25) is 24.5 Å². The molecule has 0 unspecified atom stereocenters. The lowest BCUT2D eigenvalue weighted by Gasteiger charge is -2.61. The van der Waals surface area contributed by atoms with Crippen molar-refractivity contribution < 1.29 is 32.8 Å². The van der Waals surface area contributed by atoms with E-state index in [-0.39, 0.29) is 54.6 Å². The van der Waals surface area contributed by atoms with Gasteiger partial charge in [0.25, 0.3) is 5.91 Å². The number of piperazine rings is 1. The zero-order valence-corrected chi connectivity index (χ0v) is 41.4. The maximum absolute atomic E-state index is 16.0. The van der Waals surface area contributed by atoms with Gasteiger partial charge in [0.05, 0.1) is 34.2 Å². The highest BCUT2D eigenvalue weighted by Crippen LogP contribution is 2.49. The van der Waals surface area contributed by atoms with Crippen molar-refractivity contribution in [2.75, 3.05) is 106 Å². The molecule has 0 bridgehead atoms. The summed E-state index contributed by atoms with van der Waals surface area (Å²) < 4.78 is 30.9. The number of fused-ring (bicyclic) bond motifs is 2. The summed E-state index contributed by atoms with van der Waals surface area (Å²) in [5, 5.41) is 17.3. The van der Waals surface area contributed by atoms with E-state index in [1.165, 1.54) is 15.9 Å². The number of hydrogen-bond donors (Lipinski definition) is 2. The molecule has 73 heavy (non-hydrogen) atoms. The van der Waals surface area contributed by atoms with Gasteiger partial charge in [-0.15, -0.1) is 0 Å². The summed E-state index contributed by atoms with van der Waals surface area (Å²) >= 11 is 0. The van der Waals surface area contributed by atoms with Crippen molar-refractivity contribution in [2.45, 2.75) is 64.8 Å². The molecule has 23 nitrogen and oxygen atoms in total. The molecule has 10 heterocycles. The van der Waals surface area contributed by atoms with Crippen molar-refractivity contribution in [1.82, 2.24) is 64.7 Å². The predicted octanol–water partition coefficient (Wildman–Crippen LogP) is 4.08. The highest BCUT2D eigenvalue weighted by Gasteiger charge is 2.52. The first-order chi connectivity index (χ1) is 35.2. The number of carbonyl (C=O) groups excluding carboxylic acids is 4. The van der Waals surface area contributed by atoms with Gasteiger partial charge in [0.15, 0.2) is 35.5 Å². The summed E-state index contributed by atoms with van der Waals surface area (Å²) in [6, 6.07) is 3.02. The number of nitrogens with two attached hydrogens (primary N) is 1. The predicted molar refractivity (Wildman–Crippen MR) is 265 cm³/mol. The van der Waals surface area contributed by atoms with Gasteiger partial charge in [0.1, 0.15) is 29.0 Å². The number of nitrogens with one attached hydrogen (secondary N) is 1. The minimum Gasteiger partial charge on any atom is -0.439 e.